The molecule has 0 aromatic carbocycles. The molecule has 0 aromatic heterocycles. The number of methoxy groups -OCH3 is 2. The highest BCUT2D eigenvalue weighted by atomic mass is 16.5. The van der Waals surface area contributed by atoms with Crippen LogP contribution < -0.4 is 5.73 Å². The van der Waals surface area contributed by atoms with Gasteiger partial charge in [0.2, 0.25) is 0 Å². The maximum absolute atomic E-state index is 6.39. The Morgan fingerprint density at radius 1 is 0.960 bits per heavy atom. The van der Waals surface area contributed by atoms with Crippen molar-refractivity contribution in [2.75, 3.05) is 14.2 Å². The Morgan fingerprint density at radius 3 is 2.36 bits per heavy atom. The van der Waals surface area contributed by atoms with E-state index in [9.17, 15) is 0 Å². The molecular weight excluding hydrogens is 310 g/mol. The summed E-state index contributed by atoms with van der Waals surface area (Å²) in [6.07, 6.45) is 8.99. The predicted molar refractivity (Wildman–Crippen MR) is 101 cm³/mol. The van der Waals surface area contributed by atoms with Crippen molar-refractivity contribution in [3.05, 3.63) is 12.2 Å². The summed E-state index contributed by atoms with van der Waals surface area (Å²) in [5.74, 6) is 2.57. The molecule has 0 spiro atoms. The molecule has 0 aromatic rings. The van der Waals surface area contributed by atoms with Crippen LogP contribution in [0.4, 0.5) is 0 Å². The average Bonchev–Trinajstić information content (AvgIpc) is 2.90. The summed E-state index contributed by atoms with van der Waals surface area (Å²) in [5.41, 5.74) is 8.53. The monoisotopic (exact) mass is 347 g/mol. The molecule has 0 radical (unpaired) electrons. The molecule has 4 saturated carbocycles. The first kappa shape index (κ1) is 18.0. The highest BCUT2D eigenvalue weighted by Gasteiger charge is 2.64. The van der Waals surface area contributed by atoms with Gasteiger partial charge in [-0.3, -0.25) is 0 Å². The van der Waals surface area contributed by atoms with E-state index in [-0.39, 0.29) is 12.2 Å². The van der Waals surface area contributed by atoms with E-state index in [4.69, 9.17) is 15.2 Å². The van der Waals surface area contributed by atoms with Gasteiger partial charge in [-0.05, 0) is 79.4 Å². The number of nitrogens with two attached hydrogens (primary N) is 1. The molecule has 0 bridgehead atoms. The first-order valence-electron chi connectivity index (χ1n) is 10.4. The van der Waals surface area contributed by atoms with Crippen LogP contribution in [-0.2, 0) is 9.47 Å². The molecule has 4 aliphatic rings. The van der Waals surface area contributed by atoms with Gasteiger partial charge in [0.05, 0.1) is 12.2 Å². The van der Waals surface area contributed by atoms with Crippen LogP contribution in [0.1, 0.15) is 58.8 Å². The zero-order valence-corrected chi connectivity index (χ0v) is 16.6. The third-order valence-corrected chi connectivity index (χ3v) is 9.24. The van der Waals surface area contributed by atoms with Crippen LogP contribution in [0.25, 0.3) is 0 Å². The predicted octanol–water partition coefficient (Wildman–Crippen LogP) is 4.16. The Bertz CT molecular complexity index is 548. The largest absolute Gasteiger partial charge is 0.378 e. The molecule has 3 nitrogen and oxygen atoms in total. The van der Waals surface area contributed by atoms with Crippen LogP contribution in [0.15, 0.2) is 12.2 Å². The molecule has 0 heterocycles. The molecular formula is C22H37NO2. The van der Waals surface area contributed by atoms with Gasteiger partial charge in [-0.2, -0.15) is 0 Å². The van der Waals surface area contributed by atoms with Crippen LogP contribution in [-0.4, -0.2) is 32.5 Å². The lowest BCUT2D eigenvalue weighted by molar-refractivity contribution is -0.225. The van der Waals surface area contributed by atoms with E-state index in [0.717, 1.165) is 12.3 Å². The maximum Gasteiger partial charge on any atom is 0.0869 e. The molecule has 4 fully saturated rings. The van der Waals surface area contributed by atoms with Crippen LogP contribution in [0.3, 0.4) is 0 Å². The zero-order chi connectivity index (χ0) is 18.0. The summed E-state index contributed by atoms with van der Waals surface area (Å²) in [6.45, 7) is 9.48. The van der Waals surface area contributed by atoms with Crippen molar-refractivity contribution >= 4 is 0 Å². The second-order valence-corrected chi connectivity index (χ2v) is 9.94. The molecule has 0 aliphatic heterocycles. The fourth-order valence-electron chi connectivity index (χ4n) is 7.73. The number of fused-ring (bicyclic) bond motifs is 5. The SMILES string of the molecule is C=C1CCC2C3C(OC)[C@H](OC)C4C[C@H](N)CC[C@]4(C)C3CC[C@]12C. The maximum atomic E-state index is 6.39. The molecule has 9 atom stereocenters. The summed E-state index contributed by atoms with van der Waals surface area (Å²) in [5, 5.41) is 0. The van der Waals surface area contributed by atoms with Gasteiger partial charge in [-0.1, -0.05) is 26.0 Å². The quantitative estimate of drug-likeness (QED) is 0.763. The lowest BCUT2D eigenvalue weighted by Gasteiger charge is -2.64. The second kappa shape index (κ2) is 6.07. The van der Waals surface area contributed by atoms with Crippen LogP contribution in [0, 0.1) is 34.5 Å². The van der Waals surface area contributed by atoms with Crippen LogP contribution in [0.2, 0.25) is 0 Å². The third kappa shape index (κ3) is 2.34. The van der Waals surface area contributed by atoms with Crippen LogP contribution in [0.5, 0.6) is 0 Å². The lowest BCUT2D eigenvalue weighted by Crippen LogP contribution is -2.65. The third-order valence-electron chi connectivity index (χ3n) is 9.24. The molecule has 0 amide bonds. The number of rotatable bonds is 2. The highest BCUT2D eigenvalue weighted by Crippen LogP contribution is 2.67. The summed E-state index contributed by atoms with van der Waals surface area (Å²) in [6, 6.07) is 0.324. The minimum Gasteiger partial charge on any atom is -0.378 e. The Kier molecular flexibility index (Phi) is 4.37. The highest BCUT2D eigenvalue weighted by molar-refractivity contribution is 5.23. The molecule has 0 saturated heterocycles. The van der Waals surface area contributed by atoms with E-state index >= 15 is 0 Å². The van der Waals surface area contributed by atoms with Gasteiger partial charge in [0.1, 0.15) is 0 Å². The standard InChI is InChI=1S/C22H37NO2/c1-13-6-7-15-18-16(9-11-21(13,15)2)22(3)10-8-14(23)12-17(22)19(24-4)20(18)25-5/h14-20H,1,6-12,23H2,2-5H3/t14-,15?,16?,17?,18?,19-,20?,21-,22-/m1/s1. The van der Waals surface area contributed by atoms with Gasteiger partial charge in [0, 0.05) is 20.3 Å². The normalized spacial score (nSPS) is 55.4. The van der Waals surface area contributed by atoms with Crippen molar-refractivity contribution in [3.63, 3.8) is 0 Å². The van der Waals surface area contributed by atoms with Crippen molar-refractivity contribution in [1.29, 1.82) is 0 Å². The Hall–Kier alpha value is -0.380. The van der Waals surface area contributed by atoms with Gasteiger partial charge in [-0.25, -0.2) is 0 Å². The summed E-state index contributed by atoms with van der Waals surface area (Å²) < 4.78 is 12.3. The zero-order valence-electron chi connectivity index (χ0n) is 16.6. The lowest BCUT2D eigenvalue weighted by atomic mass is 9.43. The molecule has 5 unspecified atom stereocenters. The van der Waals surface area contributed by atoms with Crippen LogP contribution >= 0.6 is 0 Å². The second-order valence-electron chi connectivity index (χ2n) is 9.94. The summed E-state index contributed by atoms with van der Waals surface area (Å²) in [4.78, 5) is 0. The van der Waals surface area contributed by atoms with E-state index < -0.39 is 0 Å². The number of hydrogen-bond acceptors (Lipinski definition) is 3. The number of ether oxygens (including phenoxy) is 2. The van der Waals surface area contributed by atoms with E-state index in [1.54, 1.807) is 0 Å². The van der Waals surface area contributed by atoms with Crippen molar-refractivity contribution in [2.24, 2.45) is 40.2 Å². The fourth-order valence-corrected chi connectivity index (χ4v) is 7.73. The summed E-state index contributed by atoms with van der Waals surface area (Å²) in [7, 11) is 3.78. The molecule has 4 aliphatic carbocycles. The van der Waals surface area contributed by atoms with Gasteiger partial charge < -0.3 is 15.2 Å². The van der Waals surface area contributed by atoms with Crippen molar-refractivity contribution < 1.29 is 9.47 Å². The smallest absolute Gasteiger partial charge is 0.0869 e. The van der Waals surface area contributed by atoms with Gasteiger partial charge in [0.25, 0.3) is 0 Å². The number of allylic oxidation sites excluding steroid dienone is 1. The van der Waals surface area contributed by atoms with E-state index in [1.165, 1.54) is 44.1 Å². The first-order chi connectivity index (χ1) is 11.9. The molecule has 4 rings (SSSR count). The van der Waals surface area contributed by atoms with Crippen molar-refractivity contribution in [3.8, 4) is 0 Å². The van der Waals surface area contributed by atoms with E-state index in [0.29, 0.717) is 34.6 Å². The topological polar surface area (TPSA) is 44.5 Å². The average molecular weight is 348 g/mol. The van der Waals surface area contributed by atoms with Gasteiger partial charge >= 0.3 is 0 Å². The molecule has 2 N–H and O–H groups in total. The minimum absolute atomic E-state index is 0.179. The Balaban J connectivity index is 1.77. The summed E-state index contributed by atoms with van der Waals surface area (Å²) >= 11 is 0. The van der Waals surface area contributed by atoms with Crippen molar-refractivity contribution in [1.82, 2.24) is 0 Å². The Labute approximate surface area is 153 Å². The van der Waals surface area contributed by atoms with Gasteiger partial charge in [-0.15, -0.1) is 0 Å². The fraction of sp³-hybridized carbons (Fsp3) is 0.909. The van der Waals surface area contributed by atoms with Crippen molar-refractivity contribution in [2.45, 2.75) is 77.0 Å². The molecule has 142 valence electrons. The minimum atomic E-state index is 0.179. The molecule has 25 heavy (non-hydrogen) atoms. The van der Waals surface area contributed by atoms with E-state index in [2.05, 4.69) is 20.4 Å². The number of hydrogen-bond donors (Lipinski definition) is 1. The first-order valence-corrected chi connectivity index (χ1v) is 10.4. The Morgan fingerprint density at radius 2 is 1.68 bits per heavy atom. The van der Waals surface area contributed by atoms with E-state index in [1.807, 2.05) is 14.2 Å². The van der Waals surface area contributed by atoms with Gasteiger partial charge in [0.15, 0.2) is 0 Å². The molecule has 3 heteroatoms.